The molecule has 0 aromatic rings. The molecule has 0 saturated carbocycles. The van der Waals surface area contributed by atoms with Crippen molar-refractivity contribution < 1.29 is 14.4 Å². The molecule has 1 N–H and O–H groups in total. The second-order valence-corrected chi connectivity index (χ2v) is 1.45. The zero-order chi connectivity index (χ0) is 7.28. The molecular formula is C4H8N2O3. The highest BCUT2D eigenvalue weighted by Crippen LogP contribution is 1.77. The van der Waals surface area contributed by atoms with Crippen LogP contribution in [0.25, 0.3) is 0 Å². The van der Waals surface area contributed by atoms with Crippen LogP contribution >= 0.6 is 0 Å². The fourth-order valence-corrected chi connectivity index (χ4v) is 0.240. The van der Waals surface area contributed by atoms with Crippen LogP contribution in [0, 0.1) is 0 Å². The van der Waals surface area contributed by atoms with Gasteiger partial charge >= 0.3 is 6.09 Å². The predicted molar refractivity (Wildman–Crippen MR) is 29.4 cm³/mol. The minimum absolute atomic E-state index is 0.256. The standard InChI is InChI=1S/C4H8N2O3/c1-6(2)9-4(8)5-3-7/h3H,1-2H3,(H,5,7,8). The molecule has 0 spiro atoms. The lowest BCUT2D eigenvalue weighted by Gasteiger charge is -2.07. The first-order valence-corrected chi connectivity index (χ1v) is 2.26. The summed E-state index contributed by atoms with van der Waals surface area (Å²) in [7, 11) is 3.06. The van der Waals surface area contributed by atoms with E-state index < -0.39 is 6.09 Å². The number of rotatable bonds is 2. The average Bonchev–Trinajstić information content (AvgIpc) is 1.63. The van der Waals surface area contributed by atoms with Crippen LogP contribution in [0.1, 0.15) is 0 Å². The molecule has 5 nitrogen and oxygen atoms in total. The van der Waals surface area contributed by atoms with Crippen LogP contribution in [0.15, 0.2) is 0 Å². The topological polar surface area (TPSA) is 58.6 Å². The van der Waals surface area contributed by atoms with Crippen molar-refractivity contribution in [1.82, 2.24) is 10.4 Å². The van der Waals surface area contributed by atoms with Crippen molar-refractivity contribution in [3.05, 3.63) is 0 Å². The van der Waals surface area contributed by atoms with Gasteiger partial charge < -0.3 is 4.84 Å². The summed E-state index contributed by atoms with van der Waals surface area (Å²) in [6, 6.07) is 0. The smallest absolute Gasteiger partial charge is 0.351 e. The monoisotopic (exact) mass is 132 g/mol. The number of imide groups is 1. The number of carbonyl (C=O) groups is 2. The van der Waals surface area contributed by atoms with Gasteiger partial charge in [0.2, 0.25) is 6.41 Å². The maximum atomic E-state index is 10.2. The van der Waals surface area contributed by atoms with E-state index in [4.69, 9.17) is 0 Å². The molecule has 0 aliphatic heterocycles. The lowest BCUT2D eigenvalue weighted by atomic mass is 11.1. The molecule has 0 heterocycles. The zero-order valence-corrected chi connectivity index (χ0v) is 5.25. The van der Waals surface area contributed by atoms with Crippen LogP contribution in [0.5, 0.6) is 0 Å². The van der Waals surface area contributed by atoms with E-state index in [1.54, 1.807) is 5.32 Å². The van der Waals surface area contributed by atoms with E-state index in [2.05, 4.69) is 4.84 Å². The Bertz CT molecular complexity index is 112. The van der Waals surface area contributed by atoms with Gasteiger partial charge in [-0.2, -0.15) is 0 Å². The summed E-state index contributed by atoms with van der Waals surface area (Å²) in [4.78, 5) is 24.2. The molecule has 0 fully saturated rings. The second-order valence-electron chi connectivity index (χ2n) is 1.45. The third kappa shape index (κ3) is 4.76. The van der Waals surface area contributed by atoms with Crippen LogP contribution in [-0.2, 0) is 9.63 Å². The summed E-state index contributed by atoms with van der Waals surface area (Å²) in [6.07, 6.45) is -0.527. The molecule has 0 aromatic heterocycles. The van der Waals surface area contributed by atoms with Crippen LogP contribution in [0.3, 0.4) is 0 Å². The van der Waals surface area contributed by atoms with Crippen LogP contribution in [-0.4, -0.2) is 31.7 Å². The van der Waals surface area contributed by atoms with Gasteiger partial charge in [0.05, 0.1) is 0 Å². The predicted octanol–water partition coefficient (Wildman–Crippen LogP) is -0.654. The molecular weight excluding hydrogens is 124 g/mol. The Balaban J connectivity index is 3.38. The van der Waals surface area contributed by atoms with E-state index in [1.165, 1.54) is 19.2 Å². The Morgan fingerprint density at radius 1 is 1.67 bits per heavy atom. The molecule has 0 rings (SSSR count). The van der Waals surface area contributed by atoms with Gasteiger partial charge in [-0.05, 0) is 0 Å². The molecule has 0 radical (unpaired) electrons. The molecule has 0 aliphatic rings. The number of amides is 2. The maximum absolute atomic E-state index is 10.2. The van der Waals surface area contributed by atoms with Gasteiger partial charge in [0.1, 0.15) is 0 Å². The fraction of sp³-hybridized carbons (Fsp3) is 0.500. The first-order valence-electron chi connectivity index (χ1n) is 2.26. The molecule has 0 aromatic carbocycles. The van der Waals surface area contributed by atoms with E-state index in [1.807, 2.05) is 0 Å². The Morgan fingerprint density at radius 3 is 2.56 bits per heavy atom. The van der Waals surface area contributed by atoms with Gasteiger partial charge in [0, 0.05) is 14.1 Å². The lowest BCUT2D eigenvalue weighted by Crippen LogP contribution is -2.28. The molecule has 52 valence electrons. The minimum Gasteiger partial charge on any atom is -0.351 e. The maximum Gasteiger partial charge on any atom is 0.432 e. The summed E-state index contributed by atoms with van der Waals surface area (Å²) in [5.41, 5.74) is 0. The highest BCUT2D eigenvalue weighted by atomic mass is 16.7. The molecule has 9 heavy (non-hydrogen) atoms. The minimum atomic E-state index is -0.782. The van der Waals surface area contributed by atoms with Crippen molar-refractivity contribution in [2.45, 2.75) is 0 Å². The zero-order valence-electron chi connectivity index (χ0n) is 5.25. The first-order chi connectivity index (χ1) is 4.16. The highest BCUT2D eigenvalue weighted by molar-refractivity contribution is 5.79. The second kappa shape index (κ2) is 3.85. The molecule has 2 amide bonds. The van der Waals surface area contributed by atoms with Crippen LogP contribution in [0.4, 0.5) is 4.79 Å². The molecule has 5 heteroatoms. The number of nitrogens with zero attached hydrogens (tertiary/aromatic N) is 1. The van der Waals surface area contributed by atoms with Gasteiger partial charge in [0.15, 0.2) is 0 Å². The summed E-state index contributed by atoms with van der Waals surface area (Å²) >= 11 is 0. The van der Waals surface area contributed by atoms with Crippen molar-refractivity contribution in [2.75, 3.05) is 14.1 Å². The number of nitrogens with one attached hydrogen (secondary N) is 1. The Morgan fingerprint density at radius 2 is 2.22 bits per heavy atom. The number of hydroxylamine groups is 2. The molecule has 0 unspecified atom stereocenters. The largest absolute Gasteiger partial charge is 0.432 e. The number of hydrogen-bond acceptors (Lipinski definition) is 4. The van der Waals surface area contributed by atoms with Crippen LogP contribution in [0.2, 0.25) is 0 Å². The quantitative estimate of drug-likeness (QED) is 0.400. The van der Waals surface area contributed by atoms with Crippen LogP contribution < -0.4 is 5.32 Å². The Kier molecular flexibility index (Phi) is 3.38. The van der Waals surface area contributed by atoms with E-state index in [0.717, 1.165) is 0 Å². The van der Waals surface area contributed by atoms with Crippen molar-refractivity contribution in [1.29, 1.82) is 0 Å². The Hall–Kier alpha value is -1.10. The first kappa shape index (κ1) is 7.90. The van der Waals surface area contributed by atoms with E-state index in [0.29, 0.717) is 0 Å². The highest BCUT2D eigenvalue weighted by Gasteiger charge is 1.99. The van der Waals surface area contributed by atoms with Gasteiger partial charge in [-0.25, -0.2) is 4.79 Å². The summed E-state index contributed by atoms with van der Waals surface area (Å²) in [5, 5.41) is 2.97. The van der Waals surface area contributed by atoms with Crippen molar-refractivity contribution in [3.63, 3.8) is 0 Å². The van der Waals surface area contributed by atoms with Crippen molar-refractivity contribution in [2.24, 2.45) is 0 Å². The van der Waals surface area contributed by atoms with E-state index >= 15 is 0 Å². The summed E-state index contributed by atoms with van der Waals surface area (Å²) in [6.45, 7) is 0. The molecule has 0 aliphatic carbocycles. The van der Waals surface area contributed by atoms with Gasteiger partial charge in [-0.3, -0.25) is 10.1 Å². The van der Waals surface area contributed by atoms with E-state index in [9.17, 15) is 9.59 Å². The van der Waals surface area contributed by atoms with Gasteiger partial charge in [-0.1, -0.05) is 0 Å². The number of hydrogen-bond donors (Lipinski definition) is 1. The third-order valence-corrected chi connectivity index (χ3v) is 0.442. The lowest BCUT2D eigenvalue weighted by molar-refractivity contribution is -0.110. The van der Waals surface area contributed by atoms with Crippen molar-refractivity contribution in [3.8, 4) is 0 Å². The fourth-order valence-electron chi connectivity index (χ4n) is 0.240. The summed E-state index contributed by atoms with van der Waals surface area (Å²) in [5.74, 6) is 0. The molecule has 0 bridgehead atoms. The SMILES string of the molecule is CN(C)OC(=O)NC=O. The average molecular weight is 132 g/mol. The normalized spacial score (nSPS) is 8.78. The number of carbonyl (C=O) groups excluding carboxylic acids is 2. The third-order valence-electron chi connectivity index (χ3n) is 0.442. The molecule has 0 saturated heterocycles. The molecule has 0 atom stereocenters. The Labute approximate surface area is 52.5 Å². The van der Waals surface area contributed by atoms with Gasteiger partial charge in [-0.15, -0.1) is 5.06 Å². The summed E-state index contributed by atoms with van der Waals surface area (Å²) < 4.78 is 0. The van der Waals surface area contributed by atoms with E-state index in [-0.39, 0.29) is 6.41 Å². The van der Waals surface area contributed by atoms with Crippen molar-refractivity contribution >= 4 is 12.5 Å². The van der Waals surface area contributed by atoms with Gasteiger partial charge in [0.25, 0.3) is 0 Å².